The van der Waals surface area contributed by atoms with Gasteiger partial charge in [0, 0.05) is 5.56 Å². The Kier molecular flexibility index (Phi) is 4.02. The zero-order valence-corrected chi connectivity index (χ0v) is 10.4. The van der Waals surface area contributed by atoms with Crippen LogP contribution >= 0.6 is 0 Å². The average Bonchev–Trinajstić information content (AvgIpc) is 2.27. The lowest BCUT2D eigenvalue weighted by Crippen LogP contribution is -2.21. The number of ether oxygens (including phenoxy) is 1. The van der Waals surface area contributed by atoms with Crippen molar-refractivity contribution < 1.29 is 9.84 Å². The minimum Gasteiger partial charge on any atom is -0.493 e. The fourth-order valence-electron chi connectivity index (χ4n) is 2.05. The molecule has 2 rings (SSSR count). The predicted octanol–water partition coefficient (Wildman–Crippen LogP) is 2.17. The third-order valence-electron chi connectivity index (χ3n) is 3.46. The van der Waals surface area contributed by atoms with Gasteiger partial charge in [-0.05, 0) is 31.7 Å². The Bertz CT molecular complexity index is 374. The minimum absolute atomic E-state index is 0.0523. The normalized spacial score (nSPS) is 17.6. The van der Waals surface area contributed by atoms with Gasteiger partial charge in [-0.1, -0.05) is 24.1 Å². The molecule has 3 nitrogen and oxygen atoms in total. The number of benzene rings is 1. The molecular formula is C14H21NO2. The van der Waals surface area contributed by atoms with Crippen molar-refractivity contribution in [3.8, 4) is 5.75 Å². The van der Waals surface area contributed by atoms with Crippen molar-refractivity contribution in [1.82, 2.24) is 0 Å². The van der Waals surface area contributed by atoms with Gasteiger partial charge in [0.15, 0.2) is 0 Å². The molecule has 94 valence electrons. The molecule has 1 aromatic rings. The van der Waals surface area contributed by atoms with E-state index in [0.717, 1.165) is 23.5 Å². The van der Waals surface area contributed by atoms with E-state index in [-0.39, 0.29) is 12.6 Å². The summed E-state index contributed by atoms with van der Waals surface area (Å²) in [6, 6.07) is 5.62. The van der Waals surface area contributed by atoms with Crippen molar-refractivity contribution in [2.75, 3.05) is 13.2 Å². The molecular weight excluding hydrogens is 214 g/mol. The molecule has 0 radical (unpaired) electrons. The zero-order chi connectivity index (χ0) is 12.3. The topological polar surface area (TPSA) is 55.5 Å². The number of aryl methyl sites for hydroxylation is 1. The van der Waals surface area contributed by atoms with Crippen molar-refractivity contribution in [1.29, 1.82) is 0 Å². The monoisotopic (exact) mass is 235 g/mol. The van der Waals surface area contributed by atoms with E-state index in [1.54, 1.807) is 0 Å². The lowest BCUT2D eigenvalue weighted by atomic mass is 9.86. The zero-order valence-electron chi connectivity index (χ0n) is 10.4. The fourth-order valence-corrected chi connectivity index (χ4v) is 2.05. The van der Waals surface area contributed by atoms with E-state index in [4.69, 9.17) is 15.6 Å². The summed E-state index contributed by atoms with van der Waals surface area (Å²) in [6.07, 6.45) is 3.87. The highest BCUT2D eigenvalue weighted by Crippen LogP contribution is 2.30. The van der Waals surface area contributed by atoms with Gasteiger partial charge in [0.1, 0.15) is 5.75 Å². The molecule has 0 spiro atoms. The highest BCUT2D eigenvalue weighted by atomic mass is 16.5. The quantitative estimate of drug-likeness (QED) is 0.822. The molecule has 1 aromatic carbocycles. The second-order valence-electron chi connectivity index (χ2n) is 4.94. The molecule has 0 aliphatic heterocycles. The molecule has 1 fully saturated rings. The van der Waals surface area contributed by atoms with Gasteiger partial charge in [0.25, 0.3) is 0 Å². The first-order valence-electron chi connectivity index (χ1n) is 6.30. The van der Waals surface area contributed by atoms with Crippen LogP contribution in [0, 0.1) is 12.8 Å². The lowest BCUT2D eigenvalue weighted by Gasteiger charge is -2.26. The Labute approximate surface area is 103 Å². The van der Waals surface area contributed by atoms with E-state index in [0.29, 0.717) is 5.92 Å². The molecule has 0 bridgehead atoms. The van der Waals surface area contributed by atoms with Gasteiger partial charge in [-0.15, -0.1) is 0 Å². The van der Waals surface area contributed by atoms with E-state index in [1.807, 2.05) is 25.1 Å². The predicted molar refractivity (Wildman–Crippen MR) is 68.0 cm³/mol. The van der Waals surface area contributed by atoms with Crippen molar-refractivity contribution in [3.05, 3.63) is 29.3 Å². The van der Waals surface area contributed by atoms with Gasteiger partial charge in [0.2, 0.25) is 0 Å². The van der Waals surface area contributed by atoms with Crippen LogP contribution in [0.5, 0.6) is 5.75 Å². The number of hydrogen-bond donors (Lipinski definition) is 2. The van der Waals surface area contributed by atoms with Crippen molar-refractivity contribution in [3.63, 3.8) is 0 Å². The first-order valence-corrected chi connectivity index (χ1v) is 6.30. The maximum Gasteiger partial charge on any atom is 0.124 e. The molecule has 17 heavy (non-hydrogen) atoms. The smallest absolute Gasteiger partial charge is 0.124 e. The Morgan fingerprint density at radius 2 is 2.24 bits per heavy atom. The first kappa shape index (κ1) is 12.4. The molecule has 1 aliphatic carbocycles. The third-order valence-corrected chi connectivity index (χ3v) is 3.46. The summed E-state index contributed by atoms with van der Waals surface area (Å²) in [5.41, 5.74) is 7.93. The lowest BCUT2D eigenvalue weighted by molar-refractivity contribution is 0.177. The van der Waals surface area contributed by atoms with Gasteiger partial charge in [-0.25, -0.2) is 0 Å². The summed E-state index contributed by atoms with van der Waals surface area (Å²) < 4.78 is 5.83. The van der Waals surface area contributed by atoms with Gasteiger partial charge >= 0.3 is 0 Å². The van der Waals surface area contributed by atoms with E-state index in [1.165, 1.54) is 19.3 Å². The van der Waals surface area contributed by atoms with Gasteiger partial charge in [0.05, 0.1) is 19.3 Å². The molecule has 1 saturated carbocycles. The van der Waals surface area contributed by atoms with Crippen LogP contribution in [-0.2, 0) is 0 Å². The van der Waals surface area contributed by atoms with E-state index >= 15 is 0 Å². The highest BCUT2D eigenvalue weighted by molar-refractivity contribution is 5.39. The SMILES string of the molecule is Cc1ccc(OCC2CCC2)c(C(N)CO)c1. The molecule has 0 heterocycles. The standard InChI is InChI=1S/C14H21NO2/c1-10-5-6-14(12(7-10)13(15)8-16)17-9-11-3-2-4-11/h5-7,11,13,16H,2-4,8-9,15H2,1H3. The van der Waals surface area contributed by atoms with E-state index in [9.17, 15) is 0 Å². The molecule has 0 aromatic heterocycles. The summed E-state index contributed by atoms with van der Waals surface area (Å²) in [5.74, 6) is 1.53. The second kappa shape index (κ2) is 5.52. The third kappa shape index (κ3) is 2.99. The Balaban J connectivity index is 2.07. The number of nitrogens with two attached hydrogens (primary N) is 1. The Morgan fingerprint density at radius 3 is 2.82 bits per heavy atom. The van der Waals surface area contributed by atoms with Crippen molar-refractivity contribution in [2.45, 2.75) is 32.2 Å². The minimum atomic E-state index is -0.355. The number of rotatable bonds is 5. The van der Waals surface area contributed by atoms with Crippen LogP contribution in [0.15, 0.2) is 18.2 Å². The highest BCUT2D eigenvalue weighted by Gasteiger charge is 2.19. The molecule has 1 atom stereocenters. The largest absolute Gasteiger partial charge is 0.493 e. The summed E-state index contributed by atoms with van der Waals surface area (Å²) in [6.45, 7) is 2.74. The molecule has 0 saturated heterocycles. The molecule has 0 amide bonds. The van der Waals surface area contributed by atoms with Crippen LogP contribution in [-0.4, -0.2) is 18.3 Å². The average molecular weight is 235 g/mol. The van der Waals surface area contributed by atoms with Gasteiger partial charge in [-0.2, -0.15) is 0 Å². The summed E-state index contributed by atoms with van der Waals surface area (Å²) in [7, 11) is 0. The van der Waals surface area contributed by atoms with Crippen LogP contribution in [0.25, 0.3) is 0 Å². The summed E-state index contributed by atoms with van der Waals surface area (Å²) in [4.78, 5) is 0. The van der Waals surface area contributed by atoms with Crippen LogP contribution in [0.1, 0.15) is 36.4 Å². The van der Waals surface area contributed by atoms with E-state index < -0.39 is 0 Å². The van der Waals surface area contributed by atoms with Crippen LogP contribution < -0.4 is 10.5 Å². The molecule has 3 N–H and O–H groups in total. The van der Waals surface area contributed by atoms with E-state index in [2.05, 4.69) is 0 Å². The molecule has 3 heteroatoms. The summed E-state index contributed by atoms with van der Waals surface area (Å²) in [5, 5.41) is 9.16. The fraction of sp³-hybridized carbons (Fsp3) is 0.571. The van der Waals surface area contributed by atoms with Crippen molar-refractivity contribution in [2.24, 2.45) is 11.7 Å². The molecule has 1 aliphatic rings. The summed E-state index contributed by atoms with van der Waals surface area (Å²) >= 11 is 0. The maximum absolute atomic E-state index is 9.16. The second-order valence-corrected chi connectivity index (χ2v) is 4.94. The Hall–Kier alpha value is -1.06. The van der Waals surface area contributed by atoms with Gasteiger partial charge in [-0.3, -0.25) is 0 Å². The molecule has 1 unspecified atom stereocenters. The first-order chi connectivity index (χ1) is 8.20. The number of aliphatic hydroxyl groups excluding tert-OH is 1. The maximum atomic E-state index is 9.16. The van der Waals surface area contributed by atoms with Crippen LogP contribution in [0.2, 0.25) is 0 Å². The number of hydrogen-bond acceptors (Lipinski definition) is 3. The van der Waals surface area contributed by atoms with Crippen LogP contribution in [0.4, 0.5) is 0 Å². The number of aliphatic hydroxyl groups is 1. The van der Waals surface area contributed by atoms with Gasteiger partial charge < -0.3 is 15.6 Å². The van der Waals surface area contributed by atoms with Crippen LogP contribution in [0.3, 0.4) is 0 Å². The van der Waals surface area contributed by atoms with Crippen molar-refractivity contribution >= 4 is 0 Å². The Morgan fingerprint density at radius 1 is 1.47 bits per heavy atom.